The van der Waals surface area contributed by atoms with Gasteiger partial charge in [0.05, 0.1) is 17.2 Å². The molecule has 5 rings (SSSR count). The number of aromatic amines is 1. The first-order chi connectivity index (χ1) is 14.2. The van der Waals surface area contributed by atoms with Crippen LogP contribution in [-0.2, 0) is 17.8 Å². The quantitative estimate of drug-likeness (QED) is 0.722. The van der Waals surface area contributed by atoms with Crippen molar-refractivity contribution in [3.8, 4) is 0 Å². The molecule has 148 valence electrons. The van der Waals surface area contributed by atoms with Gasteiger partial charge in [-0.05, 0) is 30.4 Å². The van der Waals surface area contributed by atoms with E-state index in [1.807, 2.05) is 17.0 Å². The lowest BCUT2D eigenvalue weighted by atomic mass is 9.76. The van der Waals surface area contributed by atoms with Gasteiger partial charge in [-0.15, -0.1) is 0 Å². The molecule has 0 saturated heterocycles. The van der Waals surface area contributed by atoms with Gasteiger partial charge in [-0.3, -0.25) is 9.89 Å². The first-order valence-corrected chi connectivity index (χ1v) is 10.4. The van der Waals surface area contributed by atoms with Crippen LogP contribution in [0.25, 0.3) is 0 Å². The lowest BCUT2D eigenvalue weighted by molar-refractivity contribution is -0.141. The number of carbonyl (C=O) groups excluding carboxylic acids is 1. The Morgan fingerprint density at radius 3 is 2.21 bits per heavy atom. The van der Waals surface area contributed by atoms with Crippen LogP contribution < -0.4 is 5.73 Å². The van der Waals surface area contributed by atoms with Crippen LogP contribution in [0.15, 0.2) is 60.7 Å². The summed E-state index contributed by atoms with van der Waals surface area (Å²) >= 11 is 0. The van der Waals surface area contributed by atoms with Crippen molar-refractivity contribution in [1.82, 2.24) is 15.1 Å². The Morgan fingerprint density at radius 1 is 1.03 bits per heavy atom. The Hall–Kier alpha value is -2.92. The molecule has 0 bridgehead atoms. The number of rotatable bonds is 4. The smallest absolute Gasteiger partial charge is 0.242 e. The highest BCUT2D eigenvalue weighted by Crippen LogP contribution is 2.37. The number of hydrogen-bond donors (Lipinski definition) is 2. The number of fused-ring (bicyclic) bond motifs is 1. The summed E-state index contributed by atoms with van der Waals surface area (Å²) in [5, 5.41) is 8.00. The average molecular weight is 386 g/mol. The molecule has 1 fully saturated rings. The Kier molecular flexibility index (Phi) is 4.47. The number of benzene rings is 2. The molecular formula is C24H26N4O. The van der Waals surface area contributed by atoms with Crippen molar-refractivity contribution in [2.45, 2.75) is 43.7 Å². The molecule has 1 saturated carbocycles. The Labute approximate surface area is 170 Å². The fourth-order valence-corrected chi connectivity index (χ4v) is 4.61. The summed E-state index contributed by atoms with van der Waals surface area (Å²) in [5.74, 6) is 0.125. The third-order valence-corrected chi connectivity index (χ3v) is 6.46. The average Bonchev–Trinajstić information content (AvgIpc) is 3.16. The highest BCUT2D eigenvalue weighted by molar-refractivity contribution is 5.87. The molecule has 2 aromatic carbocycles. The number of hydrogen-bond acceptors (Lipinski definition) is 3. The SMILES string of the molecule is NC1(C(=O)N2CCc3[nH]nc(C(c4ccccc4)c4ccccc4)c3C2)CCC1. The van der Waals surface area contributed by atoms with Crippen LogP contribution in [0, 0.1) is 0 Å². The number of nitrogens with two attached hydrogens (primary N) is 1. The van der Waals surface area contributed by atoms with Gasteiger partial charge in [0.15, 0.2) is 0 Å². The Bertz CT molecular complexity index is 968. The van der Waals surface area contributed by atoms with Gasteiger partial charge in [-0.2, -0.15) is 5.10 Å². The van der Waals surface area contributed by atoms with Crippen molar-refractivity contribution in [3.63, 3.8) is 0 Å². The minimum Gasteiger partial charge on any atom is -0.336 e. The second-order valence-electron chi connectivity index (χ2n) is 8.31. The van der Waals surface area contributed by atoms with Gasteiger partial charge in [0.2, 0.25) is 5.91 Å². The number of amides is 1. The van der Waals surface area contributed by atoms with Gasteiger partial charge in [0.1, 0.15) is 0 Å². The molecule has 5 nitrogen and oxygen atoms in total. The zero-order chi connectivity index (χ0) is 19.8. The predicted octanol–water partition coefficient (Wildman–Crippen LogP) is 3.36. The van der Waals surface area contributed by atoms with E-state index in [1.54, 1.807) is 0 Å². The van der Waals surface area contributed by atoms with Crippen LogP contribution in [0.5, 0.6) is 0 Å². The molecular weight excluding hydrogens is 360 g/mol. The van der Waals surface area contributed by atoms with Crippen molar-refractivity contribution < 1.29 is 4.79 Å². The fraction of sp³-hybridized carbons (Fsp3) is 0.333. The second-order valence-corrected chi connectivity index (χ2v) is 8.31. The van der Waals surface area contributed by atoms with Crippen LogP contribution in [0.2, 0.25) is 0 Å². The van der Waals surface area contributed by atoms with Crippen LogP contribution in [-0.4, -0.2) is 33.1 Å². The molecule has 29 heavy (non-hydrogen) atoms. The maximum Gasteiger partial charge on any atom is 0.242 e. The van der Waals surface area contributed by atoms with Crippen LogP contribution in [0.1, 0.15) is 53.3 Å². The zero-order valence-electron chi connectivity index (χ0n) is 16.5. The summed E-state index contributed by atoms with van der Waals surface area (Å²) in [5.41, 5.74) is 11.4. The minimum atomic E-state index is -0.653. The van der Waals surface area contributed by atoms with E-state index in [1.165, 1.54) is 11.1 Å². The monoisotopic (exact) mass is 386 g/mol. The third-order valence-electron chi connectivity index (χ3n) is 6.46. The van der Waals surface area contributed by atoms with Gasteiger partial charge < -0.3 is 10.6 Å². The molecule has 2 heterocycles. The van der Waals surface area contributed by atoms with E-state index >= 15 is 0 Å². The number of nitrogens with zero attached hydrogens (tertiary/aromatic N) is 2. The normalized spacial score (nSPS) is 17.7. The maximum atomic E-state index is 13.0. The number of aromatic nitrogens is 2. The summed E-state index contributed by atoms with van der Waals surface area (Å²) in [4.78, 5) is 15.0. The molecule has 1 amide bonds. The molecule has 2 aliphatic rings. The molecule has 0 atom stereocenters. The molecule has 3 N–H and O–H groups in total. The van der Waals surface area contributed by atoms with E-state index in [2.05, 4.69) is 53.6 Å². The van der Waals surface area contributed by atoms with Gasteiger partial charge in [-0.1, -0.05) is 60.7 Å². The van der Waals surface area contributed by atoms with Crippen molar-refractivity contribution in [2.24, 2.45) is 5.73 Å². The molecule has 5 heteroatoms. The number of H-pyrrole nitrogens is 1. The first-order valence-electron chi connectivity index (χ1n) is 10.4. The lowest BCUT2D eigenvalue weighted by Crippen LogP contribution is -2.60. The van der Waals surface area contributed by atoms with E-state index < -0.39 is 5.54 Å². The van der Waals surface area contributed by atoms with Gasteiger partial charge in [0, 0.05) is 30.8 Å². The summed E-state index contributed by atoms with van der Waals surface area (Å²) in [7, 11) is 0. The lowest BCUT2D eigenvalue weighted by Gasteiger charge is -2.41. The summed E-state index contributed by atoms with van der Waals surface area (Å²) < 4.78 is 0. The van der Waals surface area contributed by atoms with E-state index in [9.17, 15) is 4.79 Å². The Balaban J connectivity index is 1.53. The van der Waals surface area contributed by atoms with Crippen LogP contribution >= 0.6 is 0 Å². The predicted molar refractivity (Wildman–Crippen MR) is 112 cm³/mol. The van der Waals surface area contributed by atoms with Crippen molar-refractivity contribution in [1.29, 1.82) is 0 Å². The standard InChI is InChI=1S/C24H26N4O/c25-24(13-7-14-24)23(29)28-15-12-20-19(16-28)22(27-26-20)21(17-8-3-1-4-9-17)18-10-5-2-6-11-18/h1-6,8-11,21H,7,12-16,25H2,(H,26,27). The van der Waals surface area contributed by atoms with Crippen LogP contribution in [0.4, 0.5) is 0 Å². The van der Waals surface area contributed by atoms with E-state index in [0.29, 0.717) is 13.1 Å². The fourth-order valence-electron chi connectivity index (χ4n) is 4.61. The molecule has 1 aliphatic carbocycles. The van der Waals surface area contributed by atoms with Crippen molar-refractivity contribution in [2.75, 3.05) is 6.54 Å². The molecule has 3 aromatic rings. The maximum absolute atomic E-state index is 13.0. The topological polar surface area (TPSA) is 75.0 Å². The summed E-state index contributed by atoms with van der Waals surface area (Å²) in [6.45, 7) is 1.28. The minimum absolute atomic E-state index is 0.0305. The van der Waals surface area contributed by atoms with E-state index in [-0.39, 0.29) is 11.8 Å². The summed E-state index contributed by atoms with van der Waals surface area (Å²) in [6, 6.07) is 20.9. The van der Waals surface area contributed by atoms with Gasteiger partial charge in [-0.25, -0.2) is 0 Å². The van der Waals surface area contributed by atoms with E-state index in [0.717, 1.165) is 42.6 Å². The highest BCUT2D eigenvalue weighted by atomic mass is 16.2. The number of nitrogens with one attached hydrogen (secondary N) is 1. The van der Waals surface area contributed by atoms with Crippen LogP contribution in [0.3, 0.4) is 0 Å². The molecule has 0 spiro atoms. The largest absolute Gasteiger partial charge is 0.336 e. The van der Waals surface area contributed by atoms with Crippen molar-refractivity contribution in [3.05, 3.63) is 88.7 Å². The third kappa shape index (κ3) is 3.15. The first kappa shape index (κ1) is 18.1. The zero-order valence-corrected chi connectivity index (χ0v) is 16.5. The molecule has 0 unspecified atom stereocenters. The van der Waals surface area contributed by atoms with Crippen molar-refractivity contribution >= 4 is 5.91 Å². The second kappa shape index (κ2) is 7.16. The highest BCUT2D eigenvalue weighted by Gasteiger charge is 2.43. The number of carbonyl (C=O) groups is 1. The molecule has 1 aromatic heterocycles. The van der Waals surface area contributed by atoms with Gasteiger partial charge >= 0.3 is 0 Å². The van der Waals surface area contributed by atoms with Gasteiger partial charge in [0.25, 0.3) is 0 Å². The summed E-state index contributed by atoms with van der Waals surface area (Å²) in [6.07, 6.45) is 3.43. The molecule has 1 aliphatic heterocycles. The van der Waals surface area contributed by atoms with E-state index in [4.69, 9.17) is 10.8 Å². The molecule has 0 radical (unpaired) electrons. The Morgan fingerprint density at radius 2 is 1.66 bits per heavy atom.